The third kappa shape index (κ3) is 7.66. The highest BCUT2D eigenvalue weighted by Crippen LogP contribution is 2.20. The van der Waals surface area contributed by atoms with Crippen molar-refractivity contribution in [1.29, 1.82) is 0 Å². The average molecular weight is 277 g/mol. The van der Waals surface area contributed by atoms with Crippen molar-refractivity contribution in [2.45, 2.75) is 46.6 Å². The van der Waals surface area contributed by atoms with Crippen LogP contribution in [-0.2, 0) is 4.74 Å². The molecule has 1 unspecified atom stereocenters. The predicted molar refractivity (Wildman–Crippen MR) is 86.9 cm³/mol. The Morgan fingerprint density at radius 1 is 0.950 bits per heavy atom. The van der Waals surface area contributed by atoms with Crippen LogP contribution in [0.2, 0.25) is 0 Å². The molecule has 2 heteroatoms. The van der Waals surface area contributed by atoms with Crippen LogP contribution in [-0.4, -0.2) is 19.8 Å². The normalized spacial score (nSPS) is 13.1. The fourth-order valence-corrected chi connectivity index (χ4v) is 2.22. The fourth-order valence-electron chi connectivity index (χ4n) is 2.22. The summed E-state index contributed by atoms with van der Waals surface area (Å²) in [7, 11) is 0. The zero-order valence-corrected chi connectivity index (χ0v) is 13.6. The van der Waals surface area contributed by atoms with Gasteiger partial charge in [0.2, 0.25) is 0 Å². The van der Waals surface area contributed by atoms with Gasteiger partial charge in [-0.05, 0) is 30.2 Å². The van der Waals surface area contributed by atoms with E-state index in [4.69, 9.17) is 4.74 Å². The first kappa shape index (κ1) is 17.2. The third-order valence-corrected chi connectivity index (χ3v) is 3.39. The second kappa shape index (κ2) is 9.95. The predicted octanol–water partition coefficient (Wildman–Crippen LogP) is 4.43. The molecule has 1 aromatic carbocycles. The highest BCUT2D eigenvalue weighted by molar-refractivity contribution is 5.18. The van der Waals surface area contributed by atoms with E-state index in [-0.39, 0.29) is 0 Å². The van der Waals surface area contributed by atoms with Gasteiger partial charge in [-0.3, -0.25) is 0 Å². The number of hydrogen-bond donors (Lipinski definition) is 1. The van der Waals surface area contributed by atoms with E-state index in [1.54, 1.807) is 0 Å². The maximum absolute atomic E-state index is 5.67. The summed E-state index contributed by atoms with van der Waals surface area (Å²) < 4.78 is 5.67. The van der Waals surface area contributed by atoms with Crippen molar-refractivity contribution in [3.8, 4) is 0 Å². The largest absolute Gasteiger partial charge is 0.380 e. The molecule has 0 aromatic heterocycles. The molecule has 0 bridgehead atoms. The van der Waals surface area contributed by atoms with Crippen LogP contribution in [0.4, 0.5) is 0 Å². The summed E-state index contributed by atoms with van der Waals surface area (Å²) in [6, 6.07) is 11.2. The molecule has 1 aromatic rings. The lowest BCUT2D eigenvalue weighted by Crippen LogP contribution is -2.26. The van der Waals surface area contributed by atoms with Crippen LogP contribution in [0.1, 0.15) is 52.1 Å². The quantitative estimate of drug-likeness (QED) is 0.639. The van der Waals surface area contributed by atoms with E-state index in [0.717, 1.165) is 38.5 Å². The number of ether oxygens (including phenoxy) is 1. The Kier molecular flexibility index (Phi) is 8.56. The minimum atomic E-state index is 0.435. The summed E-state index contributed by atoms with van der Waals surface area (Å²) in [5.74, 6) is 1.41. The summed E-state index contributed by atoms with van der Waals surface area (Å²) in [6.07, 6.45) is 2.31. The molecule has 0 saturated heterocycles. The molecule has 0 aliphatic carbocycles. The second-order valence-corrected chi connectivity index (χ2v) is 6.34. The lowest BCUT2D eigenvalue weighted by Gasteiger charge is -2.21. The van der Waals surface area contributed by atoms with Gasteiger partial charge in [0.1, 0.15) is 0 Å². The molecule has 1 N–H and O–H groups in total. The molecule has 20 heavy (non-hydrogen) atoms. The van der Waals surface area contributed by atoms with Crippen LogP contribution in [0.3, 0.4) is 0 Å². The zero-order valence-electron chi connectivity index (χ0n) is 13.6. The monoisotopic (exact) mass is 277 g/mol. The summed E-state index contributed by atoms with van der Waals surface area (Å²) in [5.41, 5.74) is 1.38. The smallest absolute Gasteiger partial charge is 0.0591 e. The van der Waals surface area contributed by atoms with E-state index in [2.05, 4.69) is 63.3 Å². The van der Waals surface area contributed by atoms with Gasteiger partial charge in [-0.25, -0.2) is 0 Å². The van der Waals surface area contributed by atoms with E-state index in [1.165, 1.54) is 5.56 Å². The van der Waals surface area contributed by atoms with Gasteiger partial charge >= 0.3 is 0 Å². The standard InChI is InChI=1S/C18H31NO/c1-15(2)10-12-20-13-11-19-18(14-16(3)4)17-8-6-5-7-9-17/h5-9,15-16,18-19H,10-14H2,1-4H3. The van der Waals surface area contributed by atoms with Crippen LogP contribution in [0.15, 0.2) is 30.3 Å². The highest BCUT2D eigenvalue weighted by Gasteiger charge is 2.12. The molecule has 114 valence electrons. The Hall–Kier alpha value is -0.860. The first-order valence-corrected chi connectivity index (χ1v) is 7.95. The second-order valence-electron chi connectivity index (χ2n) is 6.34. The van der Waals surface area contributed by atoms with E-state index < -0.39 is 0 Å². The molecule has 0 saturated carbocycles. The fraction of sp³-hybridized carbons (Fsp3) is 0.667. The third-order valence-electron chi connectivity index (χ3n) is 3.39. The van der Waals surface area contributed by atoms with Crippen molar-refractivity contribution in [2.75, 3.05) is 19.8 Å². The molecule has 0 radical (unpaired) electrons. The maximum Gasteiger partial charge on any atom is 0.0591 e. The van der Waals surface area contributed by atoms with Crippen LogP contribution in [0.5, 0.6) is 0 Å². The summed E-state index contributed by atoms with van der Waals surface area (Å²) in [6.45, 7) is 11.6. The first-order valence-electron chi connectivity index (χ1n) is 7.95. The minimum Gasteiger partial charge on any atom is -0.380 e. The van der Waals surface area contributed by atoms with Crippen molar-refractivity contribution in [3.63, 3.8) is 0 Å². The molecule has 0 amide bonds. The van der Waals surface area contributed by atoms with Crippen molar-refractivity contribution < 1.29 is 4.74 Å². The van der Waals surface area contributed by atoms with Crippen LogP contribution in [0, 0.1) is 11.8 Å². The number of nitrogens with one attached hydrogen (secondary N) is 1. The van der Waals surface area contributed by atoms with Gasteiger partial charge in [0.15, 0.2) is 0 Å². The number of rotatable bonds is 10. The van der Waals surface area contributed by atoms with Crippen molar-refractivity contribution in [1.82, 2.24) is 5.32 Å². The molecule has 0 aliphatic heterocycles. The molecular formula is C18H31NO. The van der Waals surface area contributed by atoms with Crippen LogP contribution >= 0.6 is 0 Å². The van der Waals surface area contributed by atoms with Crippen LogP contribution < -0.4 is 5.32 Å². The summed E-state index contributed by atoms with van der Waals surface area (Å²) >= 11 is 0. The Bertz CT molecular complexity index is 335. The van der Waals surface area contributed by atoms with Crippen molar-refractivity contribution >= 4 is 0 Å². The maximum atomic E-state index is 5.67. The molecule has 0 heterocycles. The summed E-state index contributed by atoms with van der Waals surface area (Å²) in [4.78, 5) is 0. The van der Waals surface area contributed by atoms with Gasteiger partial charge in [-0.1, -0.05) is 58.0 Å². The molecular weight excluding hydrogens is 246 g/mol. The lowest BCUT2D eigenvalue weighted by atomic mass is 9.97. The Balaban J connectivity index is 2.31. The average Bonchev–Trinajstić information content (AvgIpc) is 2.41. The molecule has 2 nitrogen and oxygen atoms in total. The Morgan fingerprint density at radius 2 is 1.65 bits per heavy atom. The minimum absolute atomic E-state index is 0.435. The van der Waals surface area contributed by atoms with E-state index >= 15 is 0 Å². The SMILES string of the molecule is CC(C)CCOCCNC(CC(C)C)c1ccccc1. The topological polar surface area (TPSA) is 21.3 Å². The summed E-state index contributed by atoms with van der Waals surface area (Å²) in [5, 5.41) is 3.63. The lowest BCUT2D eigenvalue weighted by molar-refractivity contribution is 0.122. The van der Waals surface area contributed by atoms with Gasteiger partial charge in [-0.2, -0.15) is 0 Å². The molecule has 0 aliphatic rings. The van der Waals surface area contributed by atoms with E-state index in [9.17, 15) is 0 Å². The first-order chi connectivity index (χ1) is 9.59. The molecule has 1 atom stereocenters. The number of hydrogen-bond acceptors (Lipinski definition) is 2. The van der Waals surface area contributed by atoms with Crippen LogP contribution in [0.25, 0.3) is 0 Å². The van der Waals surface area contributed by atoms with Gasteiger partial charge in [0.25, 0.3) is 0 Å². The van der Waals surface area contributed by atoms with Crippen molar-refractivity contribution in [3.05, 3.63) is 35.9 Å². The highest BCUT2D eigenvalue weighted by atomic mass is 16.5. The zero-order chi connectivity index (χ0) is 14.8. The van der Waals surface area contributed by atoms with Gasteiger partial charge in [0, 0.05) is 19.2 Å². The molecule has 0 spiro atoms. The van der Waals surface area contributed by atoms with Crippen molar-refractivity contribution in [2.24, 2.45) is 11.8 Å². The Morgan fingerprint density at radius 3 is 2.25 bits per heavy atom. The molecule has 0 fully saturated rings. The molecule has 1 rings (SSSR count). The van der Waals surface area contributed by atoms with Gasteiger partial charge in [-0.15, -0.1) is 0 Å². The number of benzene rings is 1. The Labute approximate surface area is 124 Å². The van der Waals surface area contributed by atoms with E-state index in [0.29, 0.717) is 12.0 Å². The van der Waals surface area contributed by atoms with Gasteiger partial charge < -0.3 is 10.1 Å². The van der Waals surface area contributed by atoms with Gasteiger partial charge in [0.05, 0.1) is 6.61 Å². The van der Waals surface area contributed by atoms with E-state index in [1.807, 2.05) is 0 Å².